The SMILES string of the molecule is [B]N1C(=O)CCC=C1[CH2-].[CH3-].[Y]. The summed E-state index contributed by atoms with van der Waals surface area (Å²) >= 11 is 0. The van der Waals surface area contributed by atoms with Gasteiger partial charge in [0, 0.05) is 39.1 Å². The summed E-state index contributed by atoms with van der Waals surface area (Å²) in [5.74, 6) is -0.0532. The van der Waals surface area contributed by atoms with Gasteiger partial charge >= 0.3 is 0 Å². The Morgan fingerprint density at radius 3 is 2.55 bits per heavy atom. The van der Waals surface area contributed by atoms with Gasteiger partial charge < -0.3 is 12.2 Å². The van der Waals surface area contributed by atoms with E-state index in [0.717, 1.165) is 11.2 Å². The predicted molar refractivity (Wildman–Crippen MR) is 41.7 cm³/mol. The van der Waals surface area contributed by atoms with Crippen LogP contribution in [0.5, 0.6) is 0 Å². The summed E-state index contributed by atoms with van der Waals surface area (Å²) in [7, 11) is 5.27. The van der Waals surface area contributed by atoms with Gasteiger partial charge in [0.05, 0.1) is 0 Å². The minimum Gasteiger partial charge on any atom is -0.401 e. The normalized spacial score (nSPS) is 16.2. The van der Waals surface area contributed by atoms with Gasteiger partial charge in [0.15, 0.2) is 0 Å². The largest absolute Gasteiger partial charge is 0.401 e. The third-order valence-corrected chi connectivity index (χ3v) is 1.32. The first-order valence-corrected chi connectivity index (χ1v) is 2.81. The van der Waals surface area contributed by atoms with Crippen molar-refractivity contribution < 1.29 is 37.5 Å². The average molecular weight is 224 g/mol. The summed E-state index contributed by atoms with van der Waals surface area (Å²) in [4.78, 5) is 11.8. The molecule has 0 aromatic heterocycles. The van der Waals surface area contributed by atoms with Crippen LogP contribution in [-0.4, -0.2) is 18.7 Å². The Labute approximate surface area is 94.7 Å². The number of allylic oxidation sites excluding steroid dienone is 2. The van der Waals surface area contributed by atoms with Crippen LogP contribution in [-0.2, 0) is 37.5 Å². The maximum atomic E-state index is 10.7. The standard InChI is InChI=1S/C6H7BNO.CH3.Y/c1-5-3-2-4-6(9)8(5)7;;/h3H,1-2,4H2;1H3;/q2*-1;. The molecule has 0 aliphatic carbocycles. The molecule has 0 fully saturated rings. The molecule has 0 unspecified atom stereocenters. The first kappa shape index (κ1) is 13.8. The van der Waals surface area contributed by atoms with Crippen molar-refractivity contribution in [1.82, 2.24) is 4.81 Å². The molecule has 0 saturated heterocycles. The van der Waals surface area contributed by atoms with Crippen molar-refractivity contribution in [1.29, 1.82) is 0 Å². The summed E-state index contributed by atoms with van der Waals surface area (Å²) in [5, 5.41) is 0. The van der Waals surface area contributed by atoms with Crippen molar-refractivity contribution in [2.24, 2.45) is 0 Å². The summed E-state index contributed by atoms with van der Waals surface area (Å²) in [6.45, 7) is 3.57. The molecule has 3 radical (unpaired) electrons. The third-order valence-electron chi connectivity index (χ3n) is 1.32. The van der Waals surface area contributed by atoms with Crippen molar-refractivity contribution >= 4 is 13.9 Å². The summed E-state index contributed by atoms with van der Waals surface area (Å²) < 4.78 is 0. The van der Waals surface area contributed by atoms with Crippen LogP contribution in [0.25, 0.3) is 0 Å². The van der Waals surface area contributed by atoms with Crippen LogP contribution >= 0.6 is 0 Å². The van der Waals surface area contributed by atoms with Crippen molar-refractivity contribution in [3.63, 3.8) is 0 Å². The van der Waals surface area contributed by atoms with Crippen LogP contribution in [0.15, 0.2) is 11.8 Å². The van der Waals surface area contributed by atoms with Crippen molar-refractivity contribution in [3.8, 4) is 0 Å². The van der Waals surface area contributed by atoms with E-state index in [9.17, 15) is 4.79 Å². The molecule has 0 aromatic rings. The van der Waals surface area contributed by atoms with Gasteiger partial charge in [-0.1, -0.05) is 6.42 Å². The first-order chi connectivity index (χ1) is 4.22. The molecule has 11 heavy (non-hydrogen) atoms. The van der Waals surface area contributed by atoms with Crippen molar-refractivity contribution in [3.05, 3.63) is 26.1 Å². The zero-order valence-corrected chi connectivity index (χ0v) is 9.55. The van der Waals surface area contributed by atoms with Crippen LogP contribution in [0.3, 0.4) is 0 Å². The second kappa shape index (κ2) is 5.84. The Kier molecular flexibility index (Phi) is 7.34. The van der Waals surface area contributed by atoms with E-state index in [4.69, 9.17) is 7.98 Å². The number of amides is 1. The van der Waals surface area contributed by atoms with Gasteiger partial charge in [-0.25, -0.2) is 13.0 Å². The molecule has 0 spiro atoms. The maximum absolute atomic E-state index is 10.7. The molecule has 0 saturated carbocycles. The monoisotopic (exact) mass is 224 g/mol. The van der Waals surface area contributed by atoms with Crippen LogP contribution in [0.1, 0.15) is 12.8 Å². The molecular formula is C7H10BNOY-2. The fourth-order valence-electron chi connectivity index (χ4n) is 0.741. The molecule has 0 bridgehead atoms. The second-order valence-electron chi connectivity index (χ2n) is 2.00. The third kappa shape index (κ3) is 3.43. The Morgan fingerprint density at radius 1 is 1.64 bits per heavy atom. The Bertz CT molecular complexity index is 170. The van der Waals surface area contributed by atoms with E-state index in [2.05, 4.69) is 6.92 Å². The van der Waals surface area contributed by atoms with Gasteiger partial charge in [0.25, 0.3) is 0 Å². The van der Waals surface area contributed by atoms with E-state index in [1.54, 1.807) is 0 Å². The van der Waals surface area contributed by atoms with E-state index in [0.29, 0.717) is 12.1 Å². The molecule has 1 amide bonds. The van der Waals surface area contributed by atoms with Crippen LogP contribution < -0.4 is 0 Å². The van der Waals surface area contributed by atoms with E-state index in [-0.39, 0.29) is 46.0 Å². The van der Waals surface area contributed by atoms with Crippen molar-refractivity contribution in [2.45, 2.75) is 12.8 Å². The minimum absolute atomic E-state index is 0. The van der Waals surface area contributed by atoms with Gasteiger partial charge in [-0.05, 0) is 0 Å². The van der Waals surface area contributed by atoms with E-state index < -0.39 is 0 Å². The number of rotatable bonds is 0. The zero-order chi connectivity index (χ0) is 6.85. The fourth-order valence-corrected chi connectivity index (χ4v) is 0.741. The number of hydrogen-bond acceptors (Lipinski definition) is 1. The molecule has 0 atom stereocenters. The van der Waals surface area contributed by atoms with E-state index in [1.807, 2.05) is 6.08 Å². The van der Waals surface area contributed by atoms with Crippen molar-refractivity contribution in [2.75, 3.05) is 0 Å². The Hall–Kier alpha value is 0.249. The van der Waals surface area contributed by atoms with Gasteiger partial charge in [0.1, 0.15) is 0 Å². The summed E-state index contributed by atoms with van der Waals surface area (Å²) in [5.41, 5.74) is 0.603. The topological polar surface area (TPSA) is 20.3 Å². The molecule has 1 aliphatic heterocycles. The zero-order valence-electron chi connectivity index (χ0n) is 6.71. The van der Waals surface area contributed by atoms with E-state index >= 15 is 0 Å². The smallest absolute Gasteiger partial charge is 0.234 e. The summed E-state index contributed by atoms with van der Waals surface area (Å²) in [6, 6.07) is 0. The van der Waals surface area contributed by atoms with Crippen LogP contribution in [0.4, 0.5) is 0 Å². The Morgan fingerprint density at radius 2 is 2.18 bits per heavy atom. The Balaban J connectivity index is 0. The molecule has 2 nitrogen and oxygen atoms in total. The molecule has 1 rings (SSSR count). The van der Waals surface area contributed by atoms with Crippen LogP contribution in [0, 0.1) is 14.4 Å². The molecule has 1 aliphatic rings. The maximum Gasteiger partial charge on any atom is 0.234 e. The number of hydrogen-bond donors (Lipinski definition) is 0. The van der Waals surface area contributed by atoms with Crippen LogP contribution in [0.2, 0.25) is 0 Å². The molecule has 57 valence electrons. The number of nitrogens with zero attached hydrogens (tertiary/aromatic N) is 1. The number of carbonyl (C=O) groups is 1. The first-order valence-electron chi connectivity index (χ1n) is 2.81. The van der Waals surface area contributed by atoms with Gasteiger partial charge in [-0.3, -0.25) is 4.79 Å². The molecular weight excluding hydrogens is 214 g/mol. The quantitative estimate of drug-likeness (QED) is 0.441. The predicted octanol–water partition coefficient (Wildman–Crippen LogP) is 0.858. The number of carbonyl (C=O) groups excluding carboxylic acids is 1. The molecule has 0 N–H and O–H groups in total. The molecule has 0 aromatic carbocycles. The summed E-state index contributed by atoms with van der Waals surface area (Å²) in [6.07, 6.45) is 3.13. The van der Waals surface area contributed by atoms with Gasteiger partial charge in [-0.15, -0.1) is 5.70 Å². The van der Waals surface area contributed by atoms with Gasteiger partial charge in [0.2, 0.25) is 13.9 Å². The van der Waals surface area contributed by atoms with Gasteiger partial charge in [-0.2, -0.15) is 0 Å². The molecule has 1 heterocycles. The fraction of sp³-hybridized carbons (Fsp3) is 0.286. The second-order valence-corrected chi connectivity index (χ2v) is 2.00. The van der Waals surface area contributed by atoms with E-state index in [1.165, 1.54) is 0 Å². The minimum atomic E-state index is -0.0532. The molecule has 4 heteroatoms. The average Bonchev–Trinajstić information content (AvgIpc) is 1.83.